The number of benzene rings is 1. The van der Waals surface area contributed by atoms with Gasteiger partial charge in [-0.3, -0.25) is 0 Å². The van der Waals surface area contributed by atoms with Gasteiger partial charge in [0.15, 0.2) is 0 Å². The van der Waals surface area contributed by atoms with Crippen molar-refractivity contribution in [3.63, 3.8) is 0 Å². The van der Waals surface area contributed by atoms with E-state index >= 15 is 0 Å². The molecule has 1 fully saturated rings. The lowest BCUT2D eigenvalue weighted by atomic mass is 9.77. The van der Waals surface area contributed by atoms with Gasteiger partial charge >= 0.3 is 0 Å². The quantitative estimate of drug-likeness (QED) is 0.857. The van der Waals surface area contributed by atoms with Crippen molar-refractivity contribution in [1.29, 1.82) is 0 Å². The minimum Gasteiger partial charge on any atom is -0.388 e. The van der Waals surface area contributed by atoms with Crippen LogP contribution in [-0.4, -0.2) is 5.11 Å². The molecule has 1 saturated carbocycles. The van der Waals surface area contributed by atoms with Crippen LogP contribution < -0.4 is 0 Å². The second-order valence-corrected chi connectivity index (χ2v) is 6.40. The average molecular weight is 283 g/mol. The van der Waals surface area contributed by atoms with E-state index in [-0.39, 0.29) is 11.5 Å². The molecular formula is C14H19BrO. The highest BCUT2D eigenvalue weighted by Gasteiger charge is 2.39. The van der Waals surface area contributed by atoms with E-state index in [2.05, 4.69) is 29.8 Å². The summed E-state index contributed by atoms with van der Waals surface area (Å²) < 4.78 is 1.06. The summed E-state index contributed by atoms with van der Waals surface area (Å²) in [6.45, 7) is 4.54. The first-order valence-corrected chi connectivity index (χ1v) is 6.73. The fourth-order valence-corrected chi connectivity index (χ4v) is 3.10. The van der Waals surface area contributed by atoms with Crippen molar-refractivity contribution < 1.29 is 5.11 Å². The number of rotatable bonds is 2. The lowest BCUT2D eigenvalue weighted by Crippen LogP contribution is -2.24. The maximum absolute atomic E-state index is 10.4. The van der Waals surface area contributed by atoms with Gasteiger partial charge in [-0.1, -0.05) is 48.3 Å². The van der Waals surface area contributed by atoms with E-state index in [0.717, 1.165) is 16.5 Å². The SMILES string of the molecule is CC1(C)CCCC1C(O)c1ccc(Br)cc1. The van der Waals surface area contributed by atoms with Crippen LogP contribution in [-0.2, 0) is 0 Å². The van der Waals surface area contributed by atoms with Gasteiger partial charge in [0.2, 0.25) is 0 Å². The molecule has 2 unspecified atom stereocenters. The third kappa shape index (κ3) is 2.33. The molecule has 0 heterocycles. The van der Waals surface area contributed by atoms with Gasteiger partial charge < -0.3 is 5.11 Å². The van der Waals surface area contributed by atoms with Gasteiger partial charge in [0.05, 0.1) is 6.10 Å². The van der Waals surface area contributed by atoms with Crippen LogP contribution in [0.2, 0.25) is 0 Å². The summed E-state index contributed by atoms with van der Waals surface area (Å²) in [5, 5.41) is 10.4. The van der Waals surface area contributed by atoms with Crippen LogP contribution in [0, 0.1) is 11.3 Å². The van der Waals surface area contributed by atoms with E-state index in [9.17, 15) is 5.11 Å². The minimum atomic E-state index is -0.314. The predicted molar refractivity (Wildman–Crippen MR) is 70.2 cm³/mol. The lowest BCUT2D eigenvalue weighted by Gasteiger charge is -2.31. The first-order chi connectivity index (χ1) is 7.50. The van der Waals surface area contributed by atoms with Crippen LogP contribution in [0.5, 0.6) is 0 Å². The van der Waals surface area contributed by atoms with Gasteiger partial charge in [0.25, 0.3) is 0 Å². The van der Waals surface area contributed by atoms with Gasteiger partial charge in [-0.2, -0.15) is 0 Å². The number of halogens is 1. The molecule has 0 radical (unpaired) electrons. The third-order valence-corrected chi connectivity index (χ3v) is 4.46. The van der Waals surface area contributed by atoms with Gasteiger partial charge in [-0.25, -0.2) is 0 Å². The molecule has 1 aliphatic rings. The van der Waals surface area contributed by atoms with Crippen molar-refractivity contribution in [2.45, 2.75) is 39.2 Å². The van der Waals surface area contributed by atoms with Crippen LogP contribution in [0.3, 0.4) is 0 Å². The van der Waals surface area contributed by atoms with Crippen LogP contribution in [0.1, 0.15) is 44.8 Å². The van der Waals surface area contributed by atoms with Crippen molar-refractivity contribution in [3.8, 4) is 0 Å². The molecule has 1 N–H and O–H groups in total. The van der Waals surface area contributed by atoms with E-state index < -0.39 is 0 Å². The Labute approximate surface area is 106 Å². The summed E-state index contributed by atoms with van der Waals surface area (Å²) in [7, 11) is 0. The Hall–Kier alpha value is -0.340. The van der Waals surface area contributed by atoms with Crippen LogP contribution >= 0.6 is 15.9 Å². The van der Waals surface area contributed by atoms with Gasteiger partial charge in [-0.05, 0) is 41.9 Å². The molecule has 16 heavy (non-hydrogen) atoms. The summed E-state index contributed by atoms with van der Waals surface area (Å²) >= 11 is 3.42. The van der Waals surface area contributed by atoms with E-state index in [1.54, 1.807) is 0 Å². The monoisotopic (exact) mass is 282 g/mol. The minimum absolute atomic E-state index is 0.270. The molecule has 2 heteroatoms. The molecule has 0 saturated heterocycles. The zero-order valence-electron chi connectivity index (χ0n) is 9.91. The zero-order chi connectivity index (χ0) is 11.8. The molecule has 0 bridgehead atoms. The molecule has 0 aromatic heterocycles. The highest BCUT2D eigenvalue weighted by Crippen LogP contribution is 2.48. The van der Waals surface area contributed by atoms with Crippen LogP contribution in [0.15, 0.2) is 28.7 Å². The average Bonchev–Trinajstić information content (AvgIpc) is 2.58. The number of aliphatic hydroxyl groups is 1. The number of hydrogen-bond acceptors (Lipinski definition) is 1. The first kappa shape index (κ1) is 12.1. The van der Waals surface area contributed by atoms with Gasteiger partial charge in [0, 0.05) is 4.47 Å². The fraction of sp³-hybridized carbons (Fsp3) is 0.571. The molecule has 0 amide bonds. The van der Waals surface area contributed by atoms with Crippen molar-refractivity contribution >= 4 is 15.9 Å². The molecular weight excluding hydrogens is 264 g/mol. The topological polar surface area (TPSA) is 20.2 Å². The maximum atomic E-state index is 10.4. The fourth-order valence-electron chi connectivity index (χ4n) is 2.83. The smallest absolute Gasteiger partial charge is 0.0823 e. The highest BCUT2D eigenvalue weighted by molar-refractivity contribution is 9.10. The molecule has 1 nitrogen and oxygen atoms in total. The largest absolute Gasteiger partial charge is 0.388 e. The second kappa shape index (κ2) is 4.50. The Kier molecular flexibility index (Phi) is 3.41. The number of hydrogen-bond donors (Lipinski definition) is 1. The molecule has 2 rings (SSSR count). The molecule has 2 atom stereocenters. The van der Waals surface area contributed by atoms with Crippen molar-refractivity contribution in [2.75, 3.05) is 0 Å². The van der Waals surface area contributed by atoms with E-state index in [4.69, 9.17) is 0 Å². The number of aliphatic hydroxyl groups excluding tert-OH is 1. The molecule has 0 spiro atoms. The summed E-state index contributed by atoms with van der Waals surface area (Å²) in [5.74, 6) is 0.397. The van der Waals surface area contributed by atoms with Crippen LogP contribution in [0.25, 0.3) is 0 Å². The summed E-state index contributed by atoms with van der Waals surface area (Å²) in [4.78, 5) is 0. The Morgan fingerprint density at radius 3 is 2.44 bits per heavy atom. The second-order valence-electron chi connectivity index (χ2n) is 5.48. The molecule has 0 aliphatic heterocycles. The molecule has 88 valence electrons. The molecule has 1 aromatic carbocycles. The van der Waals surface area contributed by atoms with E-state index in [1.165, 1.54) is 12.8 Å². The first-order valence-electron chi connectivity index (χ1n) is 5.94. The normalized spacial score (nSPS) is 25.6. The molecule has 1 aliphatic carbocycles. The lowest BCUT2D eigenvalue weighted by molar-refractivity contribution is 0.0531. The summed E-state index contributed by atoms with van der Waals surface area (Å²) in [6, 6.07) is 8.04. The molecule has 1 aromatic rings. The maximum Gasteiger partial charge on any atom is 0.0823 e. The third-order valence-electron chi connectivity index (χ3n) is 3.93. The van der Waals surface area contributed by atoms with Gasteiger partial charge in [-0.15, -0.1) is 0 Å². The Balaban J connectivity index is 2.18. The highest BCUT2D eigenvalue weighted by atomic mass is 79.9. The Bertz CT molecular complexity index is 356. The van der Waals surface area contributed by atoms with Crippen LogP contribution in [0.4, 0.5) is 0 Å². The zero-order valence-corrected chi connectivity index (χ0v) is 11.5. The van der Waals surface area contributed by atoms with Crippen molar-refractivity contribution in [2.24, 2.45) is 11.3 Å². The Morgan fingerprint density at radius 1 is 1.31 bits per heavy atom. The predicted octanol–water partition coefficient (Wildman–Crippen LogP) is 4.31. The summed E-state index contributed by atoms with van der Waals surface area (Å²) in [5.41, 5.74) is 1.31. The standard InChI is InChI=1S/C14H19BrO/c1-14(2)9-3-4-12(14)13(16)10-5-7-11(15)8-6-10/h5-8,12-13,16H,3-4,9H2,1-2H3. The van der Waals surface area contributed by atoms with E-state index in [0.29, 0.717) is 5.92 Å². The van der Waals surface area contributed by atoms with Crippen molar-refractivity contribution in [3.05, 3.63) is 34.3 Å². The van der Waals surface area contributed by atoms with Crippen molar-refractivity contribution in [1.82, 2.24) is 0 Å². The van der Waals surface area contributed by atoms with E-state index in [1.807, 2.05) is 24.3 Å². The summed E-state index contributed by atoms with van der Waals surface area (Å²) in [6.07, 6.45) is 3.30. The Morgan fingerprint density at radius 2 is 1.94 bits per heavy atom. The van der Waals surface area contributed by atoms with Gasteiger partial charge in [0.1, 0.15) is 0 Å².